The summed E-state index contributed by atoms with van der Waals surface area (Å²) in [5.41, 5.74) is -0.384. The molecule has 0 unspecified atom stereocenters. The van der Waals surface area contributed by atoms with Gasteiger partial charge < -0.3 is 5.11 Å². The molecule has 0 bridgehead atoms. The molecule has 2 N–H and O–H groups in total. The number of thiazole rings is 1. The summed E-state index contributed by atoms with van der Waals surface area (Å²) in [4.78, 5) is 2.93. The number of nitrogens with zero attached hydrogens (tertiary/aromatic N) is 1. The highest BCUT2D eigenvalue weighted by molar-refractivity contribution is 7.93. The van der Waals surface area contributed by atoms with Crippen molar-refractivity contribution in [1.82, 2.24) is 4.98 Å². The molecule has 0 amide bonds. The predicted octanol–water partition coefficient (Wildman–Crippen LogP) is 1.57. The Bertz CT molecular complexity index is 809. The van der Waals surface area contributed by atoms with Crippen LogP contribution in [0.4, 0.5) is 13.9 Å². The minimum atomic E-state index is -4.32. The van der Waals surface area contributed by atoms with E-state index in [1.165, 1.54) is 11.6 Å². The van der Waals surface area contributed by atoms with Gasteiger partial charge in [-0.2, -0.15) is 0 Å². The number of anilines is 1. The Hall–Kier alpha value is -2.02. The number of nitrogens with one attached hydrogen (secondary N) is 1. The second kappa shape index (κ2) is 6.17. The smallest absolute Gasteiger partial charge is 0.267 e. The number of hydrogen-bond acceptors (Lipinski definition) is 5. The molecule has 1 aromatic carbocycles. The Kier molecular flexibility index (Phi) is 4.52. The van der Waals surface area contributed by atoms with E-state index in [-0.39, 0.29) is 10.7 Å². The van der Waals surface area contributed by atoms with Crippen molar-refractivity contribution in [2.75, 3.05) is 11.3 Å². The third-order valence-electron chi connectivity index (χ3n) is 2.23. The first-order valence-corrected chi connectivity index (χ1v) is 7.81. The number of sulfonamides is 1. The van der Waals surface area contributed by atoms with Crippen molar-refractivity contribution in [3.05, 3.63) is 40.9 Å². The number of aromatic nitrogens is 1. The molecule has 2 rings (SSSR count). The van der Waals surface area contributed by atoms with E-state index < -0.39 is 33.2 Å². The molecule has 0 aliphatic heterocycles. The van der Waals surface area contributed by atoms with Gasteiger partial charge in [-0.15, -0.1) is 11.3 Å². The topological polar surface area (TPSA) is 79.3 Å². The highest BCUT2D eigenvalue weighted by Crippen LogP contribution is 2.24. The molecule has 0 radical (unpaired) electrons. The fourth-order valence-electron chi connectivity index (χ4n) is 1.50. The molecule has 2 aromatic rings. The average molecular weight is 330 g/mol. The van der Waals surface area contributed by atoms with Crippen LogP contribution in [-0.2, 0) is 10.0 Å². The standard InChI is InChI=1S/C12H8F2N2O3S2/c13-9-6-8(2-1-4-17)11(10(14)7-9)21(18,19)16-12-15-3-5-20-12/h3,5-7,17H,4H2,(H,15,16). The van der Waals surface area contributed by atoms with Gasteiger partial charge in [-0.1, -0.05) is 11.8 Å². The van der Waals surface area contributed by atoms with Gasteiger partial charge in [-0.25, -0.2) is 22.2 Å². The van der Waals surface area contributed by atoms with Crippen LogP contribution in [0.3, 0.4) is 0 Å². The number of aliphatic hydroxyl groups excluding tert-OH is 1. The minimum absolute atomic E-state index is 0.0415. The van der Waals surface area contributed by atoms with E-state index >= 15 is 0 Å². The lowest BCUT2D eigenvalue weighted by molar-refractivity contribution is 0.350. The lowest BCUT2D eigenvalue weighted by Crippen LogP contribution is -2.16. The Morgan fingerprint density at radius 2 is 2.14 bits per heavy atom. The summed E-state index contributed by atoms with van der Waals surface area (Å²) < 4.78 is 53.5. The second-order valence-electron chi connectivity index (χ2n) is 3.67. The van der Waals surface area contributed by atoms with Crippen LogP contribution in [0.5, 0.6) is 0 Å². The molecule has 21 heavy (non-hydrogen) atoms. The maximum atomic E-state index is 13.9. The third-order valence-corrected chi connectivity index (χ3v) is 4.47. The fraction of sp³-hybridized carbons (Fsp3) is 0.0833. The van der Waals surface area contributed by atoms with Gasteiger partial charge in [0.15, 0.2) is 5.13 Å². The van der Waals surface area contributed by atoms with Gasteiger partial charge in [0.05, 0.1) is 5.56 Å². The Morgan fingerprint density at radius 1 is 1.38 bits per heavy atom. The first-order chi connectivity index (χ1) is 9.94. The molecule has 0 aliphatic carbocycles. The Morgan fingerprint density at radius 3 is 2.76 bits per heavy atom. The molecule has 0 saturated carbocycles. The van der Waals surface area contributed by atoms with Crippen LogP contribution < -0.4 is 4.72 Å². The number of hydrogen-bond donors (Lipinski definition) is 2. The normalized spacial score (nSPS) is 10.8. The van der Waals surface area contributed by atoms with Crippen LogP contribution in [0, 0.1) is 23.5 Å². The zero-order chi connectivity index (χ0) is 15.5. The molecule has 5 nitrogen and oxygen atoms in total. The Balaban J connectivity index is 2.56. The van der Waals surface area contributed by atoms with Crippen molar-refractivity contribution in [1.29, 1.82) is 0 Å². The maximum Gasteiger partial charge on any atom is 0.267 e. The second-order valence-corrected chi connectivity index (χ2v) is 6.18. The molecule has 0 spiro atoms. The van der Waals surface area contributed by atoms with Gasteiger partial charge in [-0.05, 0) is 6.07 Å². The van der Waals surface area contributed by atoms with Crippen molar-refractivity contribution in [3.63, 3.8) is 0 Å². The van der Waals surface area contributed by atoms with Crippen LogP contribution in [0.1, 0.15) is 5.56 Å². The van der Waals surface area contributed by atoms with Crippen molar-refractivity contribution in [3.8, 4) is 11.8 Å². The molecular weight excluding hydrogens is 322 g/mol. The summed E-state index contributed by atoms with van der Waals surface area (Å²) in [6.45, 7) is -0.572. The SMILES string of the molecule is O=S(=O)(Nc1nccs1)c1c(F)cc(F)cc1C#CCO. The average Bonchev–Trinajstić information content (AvgIpc) is 2.86. The van der Waals surface area contributed by atoms with Gasteiger partial charge >= 0.3 is 0 Å². The molecule has 1 heterocycles. The molecule has 9 heteroatoms. The molecule has 0 atom stereocenters. The monoisotopic (exact) mass is 330 g/mol. The summed E-state index contributed by atoms with van der Waals surface area (Å²) in [7, 11) is -4.32. The summed E-state index contributed by atoms with van der Waals surface area (Å²) in [6, 6.07) is 1.22. The van der Waals surface area contributed by atoms with Crippen molar-refractivity contribution in [2.45, 2.75) is 4.90 Å². The molecule has 0 saturated heterocycles. The van der Waals surface area contributed by atoms with Gasteiger partial charge in [-0.3, -0.25) is 4.72 Å². The van der Waals surface area contributed by atoms with Gasteiger partial charge in [0.2, 0.25) is 0 Å². The quantitative estimate of drug-likeness (QED) is 0.837. The largest absolute Gasteiger partial charge is 0.384 e. The van der Waals surface area contributed by atoms with Crippen molar-refractivity contribution >= 4 is 26.5 Å². The number of halogens is 2. The van der Waals surface area contributed by atoms with E-state index in [0.29, 0.717) is 6.07 Å². The van der Waals surface area contributed by atoms with E-state index in [9.17, 15) is 17.2 Å². The van der Waals surface area contributed by atoms with E-state index in [1.807, 2.05) is 0 Å². The molecule has 1 aromatic heterocycles. The summed E-state index contributed by atoms with van der Waals surface area (Å²) in [6.07, 6.45) is 1.37. The van der Waals surface area contributed by atoms with Gasteiger partial charge in [0.25, 0.3) is 10.0 Å². The third kappa shape index (κ3) is 3.55. The number of rotatable bonds is 3. The molecule has 0 fully saturated rings. The van der Waals surface area contributed by atoms with Crippen LogP contribution in [0.15, 0.2) is 28.6 Å². The Labute approximate surface area is 123 Å². The summed E-state index contributed by atoms with van der Waals surface area (Å²) >= 11 is 1.00. The van der Waals surface area contributed by atoms with Crippen molar-refractivity contribution in [2.24, 2.45) is 0 Å². The summed E-state index contributed by atoms with van der Waals surface area (Å²) in [5.74, 6) is 2.13. The van der Waals surface area contributed by atoms with Crippen LogP contribution in [0.25, 0.3) is 0 Å². The van der Waals surface area contributed by atoms with Gasteiger partial charge in [0, 0.05) is 17.6 Å². The highest BCUT2D eigenvalue weighted by atomic mass is 32.2. The highest BCUT2D eigenvalue weighted by Gasteiger charge is 2.25. The van der Waals surface area contributed by atoms with Crippen LogP contribution >= 0.6 is 11.3 Å². The molecule has 0 aliphatic rings. The van der Waals surface area contributed by atoms with Crippen LogP contribution in [-0.4, -0.2) is 25.1 Å². The first-order valence-electron chi connectivity index (χ1n) is 5.45. The van der Waals surface area contributed by atoms with Gasteiger partial charge in [0.1, 0.15) is 23.1 Å². The lowest BCUT2D eigenvalue weighted by atomic mass is 10.2. The zero-order valence-electron chi connectivity index (χ0n) is 10.3. The zero-order valence-corrected chi connectivity index (χ0v) is 11.9. The first kappa shape index (κ1) is 15.4. The summed E-state index contributed by atoms with van der Waals surface area (Å²) in [5, 5.41) is 10.2. The fourth-order valence-corrected chi connectivity index (χ4v) is 3.49. The van der Waals surface area contributed by atoms with E-state index in [1.54, 1.807) is 0 Å². The number of benzene rings is 1. The van der Waals surface area contributed by atoms with Crippen LogP contribution in [0.2, 0.25) is 0 Å². The lowest BCUT2D eigenvalue weighted by Gasteiger charge is -2.09. The van der Waals surface area contributed by atoms with E-state index in [2.05, 4.69) is 21.5 Å². The van der Waals surface area contributed by atoms with E-state index in [0.717, 1.165) is 17.4 Å². The minimum Gasteiger partial charge on any atom is -0.384 e. The van der Waals surface area contributed by atoms with Crippen molar-refractivity contribution < 1.29 is 22.3 Å². The van der Waals surface area contributed by atoms with E-state index in [4.69, 9.17) is 5.11 Å². The predicted molar refractivity (Wildman–Crippen MR) is 73.2 cm³/mol. The maximum absolute atomic E-state index is 13.9. The number of aliphatic hydroxyl groups is 1. The molecule has 110 valence electrons. The molecular formula is C12H8F2N2O3S2.